The van der Waals surface area contributed by atoms with Crippen molar-refractivity contribution >= 4 is 0 Å². The molecule has 0 unspecified atom stereocenters. The lowest BCUT2D eigenvalue weighted by atomic mass is 9.73. The maximum Gasteiger partial charge on any atom is 0.328 e. The summed E-state index contributed by atoms with van der Waals surface area (Å²) in [5.41, 5.74) is -1.03. The molecule has 2 fully saturated rings. The first-order valence-electron chi connectivity index (χ1n) is 7.20. The Morgan fingerprint density at radius 2 is 2.05 bits per heavy atom. The first kappa shape index (κ1) is 12.2. The summed E-state index contributed by atoms with van der Waals surface area (Å²) < 4.78 is 12.1. The van der Waals surface area contributed by atoms with Crippen LogP contribution >= 0.6 is 0 Å². The third kappa shape index (κ3) is 1.43. The van der Waals surface area contributed by atoms with Crippen LogP contribution in [0.2, 0.25) is 0 Å². The van der Waals surface area contributed by atoms with Crippen LogP contribution in [-0.2, 0) is 4.74 Å². The molecule has 1 aromatic rings. The van der Waals surface area contributed by atoms with Gasteiger partial charge in [-0.15, -0.1) is 0 Å². The minimum absolute atomic E-state index is 0.147. The Balaban J connectivity index is 1.81. The van der Waals surface area contributed by atoms with E-state index in [0.717, 1.165) is 19.3 Å². The molecule has 0 amide bonds. The molecule has 1 aromatic heterocycles. The van der Waals surface area contributed by atoms with Gasteiger partial charge in [-0.3, -0.25) is 14.8 Å². The van der Waals surface area contributed by atoms with Gasteiger partial charge in [0.2, 0.25) is 5.88 Å². The van der Waals surface area contributed by atoms with Gasteiger partial charge in [-0.25, -0.2) is 4.79 Å². The molecule has 1 saturated heterocycles. The van der Waals surface area contributed by atoms with E-state index in [4.69, 9.17) is 9.47 Å². The quantitative estimate of drug-likeness (QED) is 0.744. The minimum atomic E-state index is -0.537. The molecular weight excluding hydrogens is 260 g/mol. The van der Waals surface area contributed by atoms with Gasteiger partial charge in [-0.2, -0.15) is 0 Å². The third-order valence-corrected chi connectivity index (χ3v) is 5.15. The van der Waals surface area contributed by atoms with E-state index in [1.165, 1.54) is 0 Å². The molecule has 6 heteroatoms. The average molecular weight is 278 g/mol. The summed E-state index contributed by atoms with van der Waals surface area (Å²) in [6.45, 7) is 4.23. The molecule has 0 radical (unpaired) electrons. The number of fused-ring (bicyclic) bond motifs is 5. The fourth-order valence-electron chi connectivity index (χ4n) is 4.14. The molecule has 5 atom stereocenters. The Morgan fingerprint density at radius 3 is 2.85 bits per heavy atom. The summed E-state index contributed by atoms with van der Waals surface area (Å²) in [6.07, 6.45) is 2.97. The van der Waals surface area contributed by atoms with Gasteiger partial charge in [0.25, 0.3) is 5.56 Å². The van der Waals surface area contributed by atoms with E-state index in [2.05, 4.69) is 16.9 Å². The van der Waals surface area contributed by atoms with Gasteiger partial charge in [0.05, 0.1) is 6.10 Å². The van der Waals surface area contributed by atoms with Crippen LogP contribution in [0.25, 0.3) is 0 Å². The van der Waals surface area contributed by atoms with Crippen molar-refractivity contribution in [3.05, 3.63) is 26.4 Å². The van der Waals surface area contributed by atoms with Crippen molar-refractivity contribution in [2.24, 2.45) is 11.8 Å². The van der Waals surface area contributed by atoms with Crippen molar-refractivity contribution in [3.8, 4) is 5.88 Å². The molecule has 0 bridgehead atoms. The maximum atomic E-state index is 12.1. The van der Waals surface area contributed by atoms with Gasteiger partial charge in [0, 0.05) is 5.92 Å². The van der Waals surface area contributed by atoms with Crippen LogP contribution in [0, 0.1) is 11.8 Å². The van der Waals surface area contributed by atoms with Crippen LogP contribution < -0.4 is 16.0 Å². The molecule has 0 spiro atoms. The Kier molecular flexibility index (Phi) is 2.29. The highest BCUT2D eigenvalue weighted by atomic mass is 16.6. The van der Waals surface area contributed by atoms with Crippen LogP contribution in [0.15, 0.2) is 9.59 Å². The third-order valence-electron chi connectivity index (χ3n) is 5.15. The SMILES string of the molecule is C[C@H]1CC[C@H]2[C@H](C1)O[C@@H]1c3c([nH]c(=O)[nH]c3=O)O[C@]12C. The zero-order valence-electron chi connectivity index (χ0n) is 11.6. The number of aromatic nitrogens is 2. The van der Waals surface area contributed by atoms with Gasteiger partial charge in [-0.05, 0) is 25.7 Å². The fourth-order valence-corrected chi connectivity index (χ4v) is 4.14. The van der Waals surface area contributed by atoms with Gasteiger partial charge >= 0.3 is 5.69 Å². The summed E-state index contributed by atoms with van der Waals surface area (Å²) in [5, 5.41) is 0. The number of ether oxygens (including phenoxy) is 2. The first-order chi connectivity index (χ1) is 9.49. The predicted octanol–water partition coefficient (Wildman–Crippen LogP) is 1.09. The first-order valence-corrected chi connectivity index (χ1v) is 7.20. The molecule has 20 heavy (non-hydrogen) atoms. The molecule has 1 saturated carbocycles. The average Bonchev–Trinajstić information content (AvgIpc) is 2.76. The second-order valence-electron chi connectivity index (χ2n) is 6.52. The summed E-state index contributed by atoms with van der Waals surface area (Å²) in [5.74, 6) is 1.20. The van der Waals surface area contributed by atoms with Crippen molar-refractivity contribution in [1.82, 2.24) is 9.97 Å². The number of hydrogen-bond donors (Lipinski definition) is 2. The molecular formula is C14H18N2O4. The van der Waals surface area contributed by atoms with E-state index in [1.807, 2.05) is 6.92 Å². The summed E-state index contributed by atoms with van der Waals surface area (Å²) in [6, 6.07) is 0. The highest BCUT2D eigenvalue weighted by molar-refractivity contribution is 5.36. The number of hydrogen-bond acceptors (Lipinski definition) is 4. The maximum absolute atomic E-state index is 12.1. The number of nitrogens with one attached hydrogen (secondary N) is 2. The molecule has 2 N–H and O–H groups in total. The lowest BCUT2D eigenvalue weighted by Gasteiger charge is -2.35. The van der Waals surface area contributed by atoms with Crippen molar-refractivity contribution in [2.75, 3.05) is 0 Å². The normalized spacial score (nSPS) is 41.7. The highest BCUT2D eigenvalue weighted by Gasteiger charge is 2.62. The Labute approximate surface area is 115 Å². The van der Waals surface area contributed by atoms with Gasteiger partial charge in [0.15, 0.2) is 0 Å². The zero-order chi connectivity index (χ0) is 14.1. The fraction of sp³-hybridized carbons (Fsp3) is 0.714. The van der Waals surface area contributed by atoms with E-state index >= 15 is 0 Å². The topological polar surface area (TPSA) is 84.2 Å². The number of rotatable bonds is 0. The summed E-state index contributed by atoms with van der Waals surface area (Å²) >= 11 is 0. The molecule has 3 aliphatic rings. The van der Waals surface area contributed by atoms with Crippen molar-refractivity contribution in [1.29, 1.82) is 0 Å². The lowest BCUT2D eigenvalue weighted by Crippen LogP contribution is -2.42. The number of H-pyrrole nitrogens is 2. The van der Waals surface area contributed by atoms with E-state index in [0.29, 0.717) is 11.5 Å². The van der Waals surface area contributed by atoms with Crippen LogP contribution in [0.5, 0.6) is 5.88 Å². The monoisotopic (exact) mass is 278 g/mol. The van der Waals surface area contributed by atoms with Crippen LogP contribution in [0.1, 0.15) is 44.8 Å². The Hall–Kier alpha value is -1.56. The summed E-state index contributed by atoms with van der Waals surface area (Å²) in [4.78, 5) is 28.3. The molecule has 108 valence electrons. The second kappa shape index (κ2) is 3.75. The Bertz CT molecular complexity index is 678. The lowest BCUT2D eigenvalue weighted by molar-refractivity contribution is -0.00597. The molecule has 0 aromatic carbocycles. The Morgan fingerprint density at radius 1 is 1.25 bits per heavy atom. The number of aromatic amines is 2. The largest absolute Gasteiger partial charge is 0.469 e. The minimum Gasteiger partial charge on any atom is -0.469 e. The molecule has 1 aliphatic carbocycles. The predicted molar refractivity (Wildman–Crippen MR) is 70.8 cm³/mol. The van der Waals surface area contributed by atoms with E-state index in [9.17, 15) is 9.59 Å². The van der Waals surface area contributed by atoms with Crippen molar-refractivity contribution in [2.45, 2.75) is 50.9 Å². The highest BCUT2D eigenvalue weighted by Crippen LogP contribution is 2.57. The van der Waals surface area contributed by atoms with Crippen molar-refractivity contribution in [3.63, 3.8) is 0 Å². The molecule has 4 rings (SSSR count). The van der Waals surface area contributed by atoms with Gasteiger partial charge in [0.1, 0.15) is 17.3 Å². The van der Waals surface area contributed by atoms with E-state index < -0.39 is 16.9 Å². The van der Waals surface area contributed by atoms with Gasteiger partial charge in [-0.1, -0.05) is 13.3 Å². The molecule has 3 heterocycles. The summed E-state index contributed by atoms with van der Waals surface area (Å²) in [7, 11) is 0. The van der Waals surface area contributed by atoms with Crippen molar-refractivity contribution < 1.29 is 9.47 Å². The van der Waals surface area contributed by atoms with E-state index in [1.54, 1.807) is 0 Å². The smallest absolute Gasteiger partial charge is 0.328 e. The molecule has 2 aliphatic heterocycles. The molecule has 6 nitrogen and oxygen atoms in total. The second-order valence-corrected chi connectivity index (χ2v) is 6.52. The standard InChI is InChI=1S/C14H18N2O4/c1-6-3-4-7-8(5-6)19-10-9-11(17)15-13(18)16-12(9)20-14(7,10)2/h6-8,10H,3-5H2,1-2H3,(H2,15,16,17,18)/t6-,7-,8-,10+,14-/m0/s1. The van der Waals surface area contributed by atoms with Crippen LogP contribution in [0.3, 0.4) is 0 Å². The van der Waals surface area contributed by atoms with E-state index in [-0.39, 0.29) is 24.0 Å². The van der Waals surface area contributed by atoms with Gasteiger partial charge < -0.3 is 9.47 Å². The van der Waals surface area contributed by atoms with Crippen LogP contribution in [-0.4, -0.2) is 21.7 Å². The van der Waals surface area contributed by atoms with Crippen LogP contribution in [0.4, 0.5) is 0 Å². The zero-order valence-corrected chi connectivity index (χ0v) is 11.6.